The number of rotatable bonds is 1. The van der Waals surface area contributed by atoms with Crippen LogP contribution in [-0.4, -0.2) is 11.1 Å². The molecule has 15 heavy (non-hydrogen) atoms. The van der Waals surface area contributed by atoms with Crippen LogP contribution >= 0.6 is 0 Å². The lowest BCUT2D eigenvalue weighted by atomic mass is 9.83. The molecule has 0 fully saturated rings. The van der Waals surface area contributed by atoms with E-state index in [1.807, 2.05) is 18.2 Å². The summed E-state index contributed by atoms with van der Waals surface area (Å²) in [6.45, 7) is 0. The number of nitrogens with two attached hydrogens (primary N) is 1. The first-order valence-corrected chi connectivity index (χ1v) is 5.02. The third-order valence-corrected chi connectivity index (χ3v) is 2.94. The van der Waals surface area contributed by atoms with Crippen LogP contribution in [0.2, 0.25) is 0 Å². The highest BCUT2D eigenvalue weighted by atomic mass is 16.5. The van der Waals surface area contributed by atoms with Crippen molar-refractivity contribution < 1.29 is 10.0 Å². The molecule has 80 valence electrons. The number of amides is 1. The Bertz CT molecular complexity index is 390. The molecule has 0 saturated heterocycles. The number of carbonyl (C=O) groups is 1. The number of nitrogens with one attached hydrogen (secondary N) is 1. The van der Waals surface area contributed by atoms with E-state index in [1.165, 1.54) is 5.56 Å². The lowest BCUT2D eigenvalue weighted by Crippen LogP contribution is -2.31. The number of benzene rings is 1. The molecule has 1 aliphatic carbocycles. The summed E-state index contributed by atoms with van der Waals surface area (Å²) in [6, 6.07) is 5.80. The van der Waals surface area contributed by atoms with Crippen LogP contribution in [0.25, 0.3) is 0 Å². The summed E-state index contributed by atoms with van der Waals surface area (Å²) in [7, 11) is 0. The molecular weight excluding hydrogens is 192 g/mol. The Labute approximate surface area is 88.0 Å². The van der Waals surface area contributed by atoms with Gasteiger partial charge in [-0.15, -0.1) is 0 Å². The van der Waals surface area contributed by atoms with E-state index in [-0.39, 0.29) is 11.8 Å². The van der Waals surface area contributed by atoms with E-state index in [0.29, 0.717) is 6.42 Å². The van der Waals surface area contributed by atoms with Gasteiger partial charge in [-0.3, -0.25) is 10.0 Å². The van der Waals surface area contributed by atoms with Crippen molar-refractivity contribution in [2.45, 2.75) is 19.3 Å². The van der Waals surface area contributed by atoms with Crippen LogP contribution < -0.4 is 11.2 Å². The molecular formula is C11H14N2O2. The summed E-state index contributed by atoms with van der Waals surface area (Å²) < 4.78 is 0. The summed E-state index contributed by atoms with van der Waals surface area (Å²) in [4.78, 5) is 11.3. The minimum atomic E-state index is -0.303. The highest BCUT2D eigenvalue weighted by Crippen LogP contribution is 2.27. The van der Waals surface area contributed by atoms with Crippen molar-refractivity contribution in [1.29, 1.82) is 0 Å². The maximum absolute atomic E-state index is 11.3. The first-order valence-electron chi connectivity index (χ1n) is 5.02. The molecule has 4 N–H and O–H groups in total. The molecule has 0 heterocycles. The number of hydrogen-bond donors (Lipinski definition) is 3. The first kappa shape index (κ1) is 9.98. The fourth-order valence-corrected chi connectivity index (χ4v) is 2.09. The second kappa shape index (κ2) is 3.90. The van der Waals surface area contributed by atoms with Gasteiger partial charge in [0.05, 0.1) is 0 Å². The Balaban J connectivity index is 2.22. The largest absolute Gasteiger partial charge is 0.399 e. The fourth-order valence-electron chi connectivity index (χ4n) is 2.09. The van der Waals surface area contributed by atoms with E-state index < -0.39 is 0 Å². The number of hydrogen-bond acceptors (Lipinski definition) is 3. The zero-order chi connectivity index (χ0) is 10.8. The summed E-state index contributed by atoms with van der Waals surface area (Å²) >= 11 is 0. The SMILES string of the molecule is Nc1ccc2c(c1)CC(C(=O)NO)CC2. The molecule has 1 aromatic rings. The Morgan fingerprint density at radius 1 is 1.47 bits per heavy atom. The van der Waals surface area contributed by atoms with Crippen LogP contribution in [0.5, 0.6) is 0 Å². The van der Waals surface area contributed by atoms with Crippen molar-refractivity contribution in [3.63, 3.8) is 0 Å². The summed E-state index contributed by atoms with van der Waals surface area (Å²) in [5, 5.41) is 8.57. The van der Waals surface area contributed by atoms with Gasteiger partial charge in [-0.1, -0.05) is 6.07 Å². The zero-order valence-corrected chi connectivity index (χ0v) is 8.36. The monoisotopic (exact) mass is 206 g/mol. The zero-order valence-electron chi connectivity index (χ0n) is 8.36. The van der Waals surface area contributed by atoms with Crippen LogP contribution in [0, 0.1) is 5.92 Å². The molecule has 0 radical (unpaired) electrons. The van der Waals surface area contributed by atoms with Gasteiger partial charge < -0.3 is 5.73 Å². The molecule has 1 unspecified atom stereocenters. The predicted octanol–water partition coefficient (Wildman–Crippen LogP) is 0.879. The minimum Gasteiger partial charge on any atom is -0.399 e. The number of aryl methyl sites for hydroxylation is 1. The van der Waals surface area contributed by atoms with Crippen molar-refractivity contribution in [1.82, 2.24) is 5.48 Å². The van der Waals surface area contributed by atoms with E-state index in [0.717, 1.165) is 24.1 Å². The van der Waals surface area contributed by atoms with E-state index >= 15 is 0 Å². The van der Waals surface area contributed by atoms with Crippen molar-refractivity contribution in [2.75, 3.05) is 5.73 Å². The highest BCUT2D eigenvalue weighted by Gasteiger charge is 2.24. The number of hydroxylamine groups is 1. The molecule has 1 aromatic carbocycles. The van der Waals surface area contributed by atoms with Gasteiger partial charge in [0.25, 0.3) is 0 Å². The minimum absolute atomic E-state index is 0.135. The lowest BCUT2D eigenvalue weighted by Gasteiger charge is -2.23. The molecule has 2 rings (SSSR count). The molecule has 1 amide bonds. The quantitative estimate of drug-likeness (QED) is 0.362. The fraction of sp³-hybridized carbons (Fsp3) is 0.364. The van der Waals surface area contributed by atoms with Gasteiger partial charge in [0, 0.05) is 11.6 Å². The van der Waals surface area contributed by atoms with Crippen LogP contribution in [0.4, 0.5) is 5.69 Å². The van der Waals surface area contributed by atoms with Crippen LogP contribution in [0.15, 0.2) is 18.2 Å². The average molecular weight is 206 g/mol. The van der Waals surface area contributed by atoms with E-state index in [1.54, 1.807) is 5.48 Å². The van der Waals surface area contributed by atoms with Gasteiger partial charge in [-0.25, -0.2) is 5.48 Å². The number of fused-ring (bicyclic) bond motifs is 1. The second-order valence-electron chi connectivity index (χ2n) is 3.94. The number of carbonyl (C=O) groups excluding carboxylic acids is 1. The molecule has 0 bridgehead atoms. The smallest absolute Gasteiger partial charge is 0.246 e. The summed E-state index contributed by atoms with van der Waals surface area (Å²) in [5.41, 5.74) is 10.5. The van der Waals surface area contributed by atoms with Gasteiger partial charge in [0.1, 0.15) is 0 Å². The molecule has 0 aliphatic heterocycles. The molecule has 0 aromatic heterocycles. The summed E-state index contributed by atoms with van der Waals surface area (Å²) in [5.74, 6) is -0.438. The van der Waals surface area contributed by atoms with Gasteiger partial charge in [0.15, 0.2) is 0 Å². The Morgan fingerprint density at radius 2 is 2.27 bits per heavy atom. The normalized spacial score (nSPS) is 19.4. The standard InChI is InChI=1S/C11H14N2O2/c12-10-4-3-7-1-2-8(11(14)13-15)5-9(7)6-10/h3-4,6,8,15H,1-2,5,12H2,(H,13,14). The van der Waals surface area contributed by atoms with Gasteiger partial charge in [-0.05, 0) is 42.5 Å². The van der Waals surface area contributed by atoms with Crippen molar-refractivity contribution >= 4 is 11.6 Å². The molecule has 0 spiro atoms. The second-order valence-corrected chi connectivity index (χ2v) is 3.94. The molecule has 4 nitrogen and oxygen atoms in total. The molecule has 1 atom stereocenters. The van der Waals surface area contributed by atoms with Gasteiger partial charge in [0.2, 0.25) is 5.91 Å². The number of anilines is 1. The predicted molar refractivity (Wildman–Crippen MR) is 56.3 cm³/mol. The van der Waals surface area contributed by atoms with Crippen molar-refractivity contribution in [2.24, 2.45) is 5.92 Å². The first-order chi connectivity index (χ1) is 7.20. The Hall–Kier alpha value is -1.55. The van der Waals surface area contributed by atoms with Gasteiger partial charge in [-0.2, -0.15) is 0 Å². The van der Waals surface area contributed by atoms with Crippen LogP contribution in [0.1, 0.15) is 17.5 Å². The van der Waals surface area contributed by atoms with E-state index in [2.05, 4.69) is 0 Å². The third kappa shape index (κ3) is 1.94. The Kier molecular flexibility index (Phi) is 2.60. The van der Waals surface area contributed by atoms with E-state index in [4.69, 9.17) is 10.9 Å². The maximum Gasteiger partial charge on any atom is 0.246 e. The Morgan fingerprint density at radius 3 is 3.00 bits per heavy atom. The third-order valence-electron chi connectivity index (χ3n) is 2.94. The van der Waals surface area contributed by atoms with Gasteiger partial charge >= 0.3 is 0 Å². The molecule has 0 saturated carbocycles. The molecule has 4 heteroatoms. The molecule has 1 aliphatic rings. The van der Waals surface area contributed by atoms with Crippen molar-refractivity contribution in [3.05, 3.63) is 29.3 Å². The topological polar surface area (TPSA) is 75.4 Å². The summed E-state index contributed by atoms with van der Waals surface area (Å²) in [6.07, 6.45) is 2.31. The van der Waals surface area contributed by atoms with Crippen LogP contribution in [-0.2, 0) is 17.6 Å². The highest BCUT2D eigenvalue weighted by molar-refractivity contribution is 5.78. The average Bonchev–Trinajstić information content (AvgIpc) is 2.27. The van der Waals surface area contributed by atoms with Crippen LogP contribution in [0.3, 0.4) is 0 Å². The van der Waals surface area contributed by atoms with Crippen molar-refractivity contribution in [3.8, 4) is 0 Å². The lowest BCUT2D eigenvalue weighted by molar-refractivity contribution is -0.133. The number of nitrogen functional groups attached to an aromatic ring is 1. The van der Waals surface area contributed by atoms with E-state index in [9.17, 15) is 4.79 Å². The maximum atomic E-state index is 11.3.